The van der Waals surface area contributed by atoms with Gasteiger partial charge in [-0.05, 0) is 18.4 Å². The van der Waals surface area contributed by atoms with Gasteiger partial charge in [-0.15, -0.1) is 17.9 Å². The molecule has 9 heavy (non-hydrogen) atoms. The monoisotopic (exact) mass is 142 g/mol. The Morgan fingerprint density at radius 1 is 1.78 bits per heavy atom. The maximum Gasteiger partial charge on any atom is 0.126 e. The molecule has 0 aliphatic carbocycles. The van der Waals surface area contributed by atoms with Crippen LogP contribution in [-0.4, -0.2) is 5.11 Å². The van der Waals surface area contributed by atoms with Crippen molar-refractivity contribution >= 4 is 11.3 Å². The second-order valence-electron chi connectivity index (χ2n) is 1.39. The van der Waals surface area contributed by atoms with Gasteiger partial charge < -0.3 is 5.11 Å². The first kappa shape index (κ1) is 8.24. The number of aromatic hydroxyl groups is 1. The van der Waals surface area contributed by atoms with Crippen molar-refractivity contribution < 1.29 is 5.11 Å². The third-order valence-electron chi connectivity index (χ3n) is 0.506. The van der Waals surface area contributed by atoms with E-state index in [0.29, 0.717) is 5.75 Å². The van der Waals surface area contributed by atoms with Crippen LogP contribution in [0, 0.1) is 0 Å². The quantitative estimate of drug-likeness (QED) is 0.552. The van der Waals surface area contributed by atoms with Gasteiger partial charge in [0.1, 0.15) is 5.75 Å². The summed E-state index contributed by atoms with van der Waals surface area (Å²) in [4.78, 5) is 0. The molecule has 0 radical (unpaired) electrons. The number of thiophene rings is 1. The normalized spacial score (nSPS) is 7.22. The van der Waals surface area contributed by atoms with E-state index in [4.69, 9.17) is 5.11 Å². The van der Waals surface area contributed by atoms with Crippen LogP contribution in [0.2, 0.25) is 0 Å². The van der Waals surface area contributed by atoms with Crippen molar-refractivity contribution in [3.63, 3.8) is 0 Å². The smallest absolute Gasteiger partial charge is 0.126 e. The highest BCUT2D eigenvalue weighted by Crippen LogP contribution is 2.10. The van der Waals surface area contributed by atoms with E-state index in [2.05, 4.69) is 6.58 Å². The molecule has 1 rings (SSSR count). The molecule has 0 atom stereocenters. The van der Waals surface area contributed by atoms with Crippen LogP contribution in [-0.2, 0) is 0 Å². The van der Waals surface area contributed by atoms with Crippen molar-refractivity contribution in [2.24, 2.45) is 0 Å². The van der Waals surface area contributed by atoms with Gasteiger partial charge in [-0.1, -0.05) is 6.08 Å². The maximum atomic E-state index is 8.48. The van der Waals surface area contributed by atoms with E-state index in [1.165, 1.54) is 11.3 Å². The van der Waals surface area contributed by atoms with Crippen molar-refractivity contribution in [3.8, 4) is 5.75 Å². The van der Waals surface area contributed by atoms with Crippen LogP contribution in [0.25, 0.3) is 0 Å². The summed E-state index contributed by atoms with van der Waals surface area (Å²) in [6, 6.07) is 1.66. The number of rotatable bonds is 0. The molecule has 0 unspecified atom stereocenters. The lowest BCUT2D eigenvalue weighted by molar-refractivity contribution is 0.478. The van der Waals surface area contributed by atoms with Crippen LogP contribution in [0.1, 0.15) is 6.92 Å². The van der Waals surface area contributed by atoms with Gasteiger partial charge in [0.15, 0.2) is 0 Å². The van der Waals surface area contributed by atoms with Crippen molar-refractivity contribution in [2.75, 3.05) is 0 Å². The minimum atomic E-state index is 0.361. The zero-order valence-electron chi connectivity index (χ0n) is 5.37. The fourth-order valence-electron chi connectivity index (χ4n) is 0.257. The zero-order chi connectivity index (χ0) is 7.11. The Labute approximate surface area is 59.3 Å². The average Bonchev–Trinajstić information content (AvgIpc) is 2.20. The molecule has 0 aliphatic heterocycles. The van der Waals surface area contributed by atoms with Crippen LogP contribution in [0.4, 0.5) is 0 Å². The van der Waals surface area contributed by atoms with E-state index in [0.717, 1.165) is 0 Å². The van der Waals surface area contributed by atoms with Crippen LogP contribution < -0.4 is 0 Å². The lowest BCUT2D eigenvalue weighted by Gasteiger charge is -1.67. The summed E-state index contributed by atoms with van der Waals surface area (Å²) >= 11 is 1.49. The van der Waals surface area contributed by atoms with Gasteiger partial charge in [0, 0.05) is 5.38 Å². The molecule has 50 valence electrons. The minimum Gasteiger partial charge on any atom is -0.507 e. The van der Waals surface area contributed by atoms with Gasteiger partial charge in [-0.2, -0.15) is 0 Å². The van der Waals surface area contributed by atoms with Gasteiger partial charge in [-0.25, -0.2) is 0 Å². The molecule has 0 bridgehead atoms. The standard InChI is InChI=1S/C4H4OS.C3H6/c5-4-1-2-6-3-4;1-3-2/h1-3,5H;3H,1H2,2H3. The van der Waals surface area contributed by atoms with Gasteiger partial charge >= 0.3 is 0 Å². The van der Waals surface area contributed by atoms with Crippen LogP contribution in [0.5, 0.6) is 5.75 Å². The van der Waals surface area contributed by atoms with E-state index < -0.39 is 0 Å². The summed E-state index contributed by atoms with van der Waals surface area (Å²) in [6.45, 7) is 5.25. The summed E-state index contributed by atoms with van der Waals surface area (Å²) in [6.07, 6.45) is 1.75. The number of hydrogen-bond donors (Lipinski definition) is 1. The molecule has 1 heterocycles. The first-order valence-electron chi connectivity index (χ1n) is 2.59. The molecule has 1 aromatic rings. The third kappa shape index (κ3) is 5.11. The summed E-state index contributed by atoms with van der Waals surface area (Å²) in [5, 5.41) is 12.0. The van der Waals surface area contributed by atoms with Crippen LogP contribution in [0.15, 0.2) is 29.5 Å². The fourth-order valence-corrected chi connectivity index (χ4v) is 0.772. The Balaban J connectivity index is 0.000000187. The number of allylic oxidation sites excluding steroid dienone is 1. The molecule has 0 fully saturated rings. The van der Waals surface area contributed by atoms with E-state index in [9.17, 15) is 0 Å². The topological polar surface area (TPSA) is 20.2 Å². The number of hydrogen-bond acceptors (Lipinski definition) is 2. The van der Waals surface area contributed by atoms with Crippen LogP contribution in [0.3, 0.4) is 0 Å². The van der Waals surface area contributed by atoms with Crippen molar-refractivity contribution in [1.29, 1.82) is 0 Å². The highest BCUT2D eigenvalue weighted by molar-refractivity contribution is 7.08. The van der Waals surface area contributed by atoms with E-state index in [1.54, 1.807) is 17.5 Å². The Morgan fingerprint density at radius 3 is 2.44 bits per heavy atom. The van der Waals surface area contributed by atoms with E-state index >= 15 is 0 Å². The highest BCUT2D eigenvalue weighted by Gasteiger charge is 1.77. The molecule has 0 spiro atoms. The predicted molar refractivity (Wildman–Crippen MR) is 41.9 cm³/mol. The lowest BCUT2D eigenvalue weighted by atomic mass is 10.6. The molecule has 0 aliphatic rings. The molecular weight excluding hydrogens is 132 g/mol. The zero-order valence-corrected chi connectivity index (χ0v) is 6.19. The molecule has 0 amide bonds. The molecule has 0 saturated carbocycles. The molecule has 0 saturated heterocycles. The summed E-state index contributed by atoms with van der Waals surface area (Å²) in [5.74, 6) is 0.361. The molecule has 1 N–H and O–H groups in total. The Hall–Kier alpha value is -0.760. The second-order valence-corrected chi connectivity index (χ2v) is 2.17. The average molecular weight is 142 g/mol. The van der Waals surface area contributed by atoms with Gasteiger partial charge in [-0.3, -0.25) is 0 Å². The fraction of sp³-hybridized carbons (Fsp3) is 0.143. The van der Waals surface area contributed by atoms with E-state index in [-0.39, 0.29) is 0 Å². The van der Waals surface area contributed by atoms with Crippen LogP contribution >= 0.6 is 11.3 Å². The van der Waals surface area contributed by atoms with E-state index in [1.807, 2.05) is 12.3 Å². The van der Waals surface area contributed by atoms with Gasteiger partial charge in [0.25, 0.3) is 0 Å². The SMILES string of the molecule is C=CC.Oc1ccsc1. The predicted octanol–water partition coefficient (Wildman–Crippen LogP) is 2.65. The van der Waals surface area contributed by atoms with Gasteiger partial charge in [0.05, 0.1) is 0 Å². The van der Waals surface area contributed by atoms with Crippen molar-refractivity contribution in [1.82, 2.24) is 0 Å². The maximum absolute atomic E-state index is 8.48. The summed E-state index contributed by atoms with van der Waals surface area (Å²) < 4.78 is 0. The summed E-state index contributed by atoms with van der Waals surface area (Å²) in [5.41, 5.74) is 0. The molecule has 1 nitrogen and oxygen atoms in total. The Morgan fingerprint density at radius 2 is 2.33 bits per heavy atom. The first-order chi connectivity index (χ1) is 4.31. The molecule has 1 aromatic heterocycles. The third-order valence-corrected chi connectivity index (χ3v) is 1.18. The Bertz CT molecular complexity index is 144. The lowest BCUT2D eigenvalue weighted by Crippen LogP contribution is -1.39. The molecule has 0 aromatic carbocycles. The second kappa shape index (κ2) is 5.38. The molecule has 2 heteroatoms. The van der Waals surface area contributed by atoms with Crippen molar-refractivity contribution in [3.05, 3.63) is 29.5 Å². The minimum absolute atomic E-state index is 0.361. The Kier molecular flexibility index (Phi) is 4.92. The van der Waals surface area contributed by atoms with Crippen molar-refractivity contribution in [2.45, 2.75) is 6.92 Å². The van der Waals surface area contributed by atoms with Gasteiger partial charge in [0.2, 0.25) is 0 Å². The summed E-state index contributed by atoms with van der Waals surface area (Å²) in [7, 11) is 0. The molecular formula is C7H10OS. The first-order valence-corrected chi connectivity index (χ1v) is 3.53. The highest BCUT2D eigenvalue weighted by atomic mass is 32.1. The largest absolute Gasteiger partial charge is 0.507 e.